The summed E-state index contributed by atoms with van der Waals surface area (Å²) in [6.45, 7) is 20.4. The molecule has 0 atom stereocenters. The maximum atomic E-state index is 12.1. The fraction of sp³-hybridized carbons (Fsp3) is 0.182. The molecule has 0 heterocycles. The highest BCUT2D eigenvalue weighted by atomic mass is 16.5. The summed E-state index contributed by atoms with van der Waals surface area (Å²) in [5.41, 5.74) is 18.1. The van der Waals surface area contributed by atoms with Crippen molar-refractivity contribution in [2.24, 2.45) is 5.41 Å². The van der Waals surface area contributed by atoms with Crippen LogP contribution < -0.4 is 19.3 Å². The molecule has 0 amide bonds. The molecule has 8 aromatic carbocycles. The van der Waals surface area contributed by atoms with Crippen LogP contribution in [0.1, 0.15) is 72.9 Å². The highest BCUT2D eigenvalue weighted by Crippen LogP contribution is 2.52. The van der Waals surface area contributed by atoms with Gasteiger partial charge >= 0.3 is 11.9 Å². The Morgan fingerprint density at radius 2 is 0.750 bits per heavy atom. The van der Waals surface area contributed by atoms with Crippen molar-refractivity contribution in [3.8, 4) is 33.8 Å². The van der Waals surface area contributed by atoms with Crippen molar-refractivity contribution >= 4 is 46.1 Å². The number of nitrogens with zero attached hydrogens (tertiary/aromatic N) is 2. The molecule has 360 valence electrons. The van der Waals surface area contributed by atoms with Crippen LogP contribution >= 0.6 is 0 Å². The molecule has 0 bridgehead atoms. The standard InChI is InChI=1S/C66H62N2O4/c1-9-63(69)71-59-33-27-55(28-34-59)67(57-31-37-61(47(5)43-57)49-15-11-45(3)12-16-49)53-23-19-51(20-24-53)66(41-39-65(7,8)40-42-66)52-21-25-54(26-22-52)68(56-29-35-60(36-30-56)72-64(70)10-2)58-32-38-62(48(6)44-58)50-17-13-46(4)14-18-50/h9-38,43-44H,1-2,39-42H2,3-8H3. The number of carbonyl (C=O) groups excluding carboxylic acids is 2. The summed E-state index contributed by atoms with van der Waals surface area (Å²) in [7, 11) is 0. The van der Waals surface area contributed by atoms with Gasteiger partial charge in [0.2, 0.25) is 0 Å². The molecule has 9 rings (SSSR count). The molecule has 8 aromatic rings. The minimum Gasteiger partial charge on any atom is -0.423 e. The van der Waals surface area contributed by atoms with Gasteiger partial charge in [0.15, 0.2) is 0 Å². The molecule has 6 heteroatoms. The van der Waals surface area contributed by atoms with Crippen molar-refractivity contribution in [1.82, 2.24) is 0 Å². The Labute approximate surface area is 425 Å². The van der Waals surface area contributed by atoms with E-state index in [1.165, 1.54) is 67.8 Å². The minimum atomic E-state index is -0.497. The molecule has 1 aliphatic carbocycles. The van der Waals surface area contributed by atoms with Crippen LogP contribution in [0.4, 0.5) is 34.1 Å². The molecule has 0 radical (unpaired) electrons. The number of rotatable bonds is 14. The summed E-state index contributed by atoms with van der Waals surface area (Å²) in [6.07, 6.45) is 6.57. The topological polar surface area (TPSA) is 59.1 Å². The van der Waals surface area contributed by atoms with E-state index in [0.717, 1.165) is 59.8 Å². The van der Waals surface area contributed by atoms with E-state index in [0.29, 0.717) is 11.5 Å². The Hall–Kier alpha value is -8.22. The Balaban J connectivity index is 1.09. The largest absolute Gasteiger partial charge is 0.423 e. The Morgan fingerprint density at radius 3 is 1.07 bits per heavy atom. The van der Waals surface area contributed by atoms with Crippen molar-refractivity contribution in [2.75, 3.05) is 9.80 Å². The summed E-state index contributed by atoms with van der Waals surface area (Å²) in [4.78, 5) is 28.7. The lowest BCUT2D eigenvalue weighted by Gasteiger charge is -2.45. The third kappa shape index (κ3) is 10.5. The average molecular weight is 947 g/mol. The molecule has 1 aliphatic rings. The van der Waals surface area contributed by atoms with E-state index in [-0.39, 0.29) is 10.8 Å². The zero-order valence-corrected chi connectivity index (χ0v) is 42.2. The number of esters is 2. The van der Waals surface area contributed by atoms with Gasteiger partial charge in [-0.3, -0.25) is 0 Å². The molecule has 0 saturated heterocycles. The van der Waals surface area contributed by atoms with Crippen LogP contribution in [0, 0.1) is 33.1 Å². The van der Waals surface area contributed by atoms with E-state index in [1.807, 2.05) is 48.5 Å². The van der Waals surface area contributed by atoms with Crippen LogP contribution in [0.3, 0.4) is 0 Å². The molecular weight excluding hydrogens is 885 g/mol. The fourth-order valence-corrected chi connectivity index (χ4v) is 10.2. The second-order valence-corrected chi connectivity index (χ2v) is 20.0. The fourth-order valence-electron chi connectivity index (χ4n) is 10.2. The van der Waals surface area contributed by atoms with Gasteiger partial charge in [0.25, 0.3) is 0 Å². The molecular formula is C66H62N2O4. The van der Waals surface area contributed by atoms with Crippen LogP contribution in [-0.4, -0.2) is 11.9 Å². The molecule has 0 spiro atoms. The zero-order valence-electron chi connectivity index (χ0n) is 42.2. The third-order valence-electron chi connectivity index (χ3n) is 14.4. The summed E-state index contributed by atoms with van der Waals surface area (Å²) in [5.74, 6) is -0.0830. The van der Waals surface area contributed by atoms with Crippen LogP contribution in [0.15, 0.2) is 207 Å². The lowest BCUT2D eigenvalue weighted by atomic mass is 9.59. The molecule has 72 heavy (non-hydrogen) atoms. The normalized spacial score (nSPS) is 13.6. The summed E-state index contributed by atoms with van der Waals surface area (Å²) >= 11 is 0. The molecule has 0 N–H and O–H groups in total. The van der Waals surface area contributed by atoms with Gasteiger partial charge in [-0.05, 0) is 200 Å². The van der Waals surface area contributed by atoms with Crippen molar-refractivity contribution < 1.29 is 19.1 Å². The summed E-state index contributed by atoms with van der Waals surface area (Å²) in [5, 5.41) is 0. The number of hydrogen-bond donors (Lipinski definition) is 0. The number of hydrogen-bond acceptors (Lipinski definition) is 6. The molecule has 0 aromatic heterocycles. The van der Waals surface area contributed by atoms with E-state index in [4.69, 9.17) is 9.47 Å². The average Bonchev–Trinajstić information content (AvgIpc) is 3.39. The molecule has 1 fully saturated rings. The van der Waals surface area contributed by atoms with Gasteiger partial charge in [-0.25, -0.2) is 9.59 Å². The van der Waals surface area contributed by atoms with Crippen LogP contribution in [0.25, 0.3) is 22.3 Å². The minimum absolute atomic E-state index is 0.214. The smallest absolute Gasteiger partial charge is 0.335 e. The lowest BCUT2D eigenvalue weighted by Crippen LogP contribution is -2.36. The summed E-state index contributed by atoms with van der Waals surface area (Å²) < 4.78 is 10.9. The van der Waals surface area contributed by atoms with Crippen molar-refractivity contribution in [2.45, 2.75) is 72.6 Å². The SMILES string of the molecule is C=CC(=O)Oc1ccc(N(c2ccc(C3(c4ccc(N(c5ccc(OC(=O)C=C)cc5)c5ccc(-c6ccc(C)cc6)c(C)c5)cc4)CCC(C)(C)CC3)cc2)c2ccc(-c3ccc(C)cc3)c(C)c2)cc1. The molecule has 1 saturated carbocycles. The van der Waals surface area contributed by atoms with Gasteiger partial charge in [-0.15, -0.1) is 0 Å². The van der Waals surface area contributed by atoms with Gasteiger partial charge in [0.05, 0.1) is 0 Å². The quantitative estimate of drug-likeness (QED) is 0.0615. The van der Waals surface area contributed by atoms with Crippen molar-refractivity contribution in [3.05, 3.63) is 241 Å². The van der Waals surface area contributed by atoms with E-state index >= 15 is 0 Å². The van der Waals surface area contributed by atoms with Crippen molar-refractivity contribution in [3.63, 3.8) is 0 Å². The highest BCUT2D eigenvalue weighted by Gasteiger charge is 2.41. The number of carbonyl (C=O) groups is 2. The first-order valence-corrected chi connectivity index (χ1v) is 24.8. The molecule has 6 nitrogen and oxygen atoms in total. The maximum absolute atomic E-state index is 12.1. The van der Waals surface area contributed by atoms with Gasteiger partial charge in [-0.2, -0.15) is 0 Å². The second-order valence-electron chi connectivity index (χ2n) is 20.0. The van der Waals surface area contributed by atoms with E-state index in [2.05, 4.69) is 198 Å². The second kappa shape index (κ2) is 20.6. The molecule has 0 aliphatic heterocycles. The van der Waals surface area contributed by atoms with Crippen LogP contribution in [0.5, 0.6) is 11.5 Å². The Bertz CT molecular complexity index is 3020. The lowest BCUT2D eigenvalue weighted by molar-refractivity contribution is -0.129. The van der Waals surface area contributed by atoms with Gasteiger partial charge < -0.3 is 19.3 Å². The molecule has 0 unspecified atom stereocenters. The Morgan fingerprint density at radius 1 is 0.431 bits per heavy atom. The Kier molecular flexibility index (Phi) is 14.0. The number of benzene rings is 8. The van der Waals surface area contributed by atoms with Gasteiger partial charge in [-0.1, -0.05) is 123 Å². The van der Waals surface area contributed by atoms with Gasteiger partial charge in [0, 0.05) is 51.7 Å². The van der Waals surface area contributed by atoms with E-state index in [1.54, 1.807) is 0 Å². The maximum Gasteiger partial charge on any atom is 0.335 e. The first-order chi connectivity index (χ1) is 34.7. The third-order valence-corrected chi connectivity index (χ3v) is 14.4. The predicted molar refractivity (Wildman–Crippen MR) is 297 cm³/mol. The first-order valence-electron chi connectivity index (χ1n) is 24.8. The van der Waals surface area contributed by atoms with Crippen LogP contribution in [0.2, 0.25) is 0 Å². The number of ether oxygens (including phenoxy) is 2. The predicted octanol–water partition coefficient (Wildman–Crippen LogP) is 17.3. The van der Waals surface area contributed by atoms with E-state index in [9.17, 15) is 9.59 Å². The number of anilines is 6. The first kappa shape index (κ1) is 48.8. The summed E-state index contributed by atoms with van der Waals surface area (Å²) in [6, 6.07) is 64.2. The highest BCUT2D eigenvalue weighted by molar-refractivity contribution is 5.85. The zero-order chi connectivity index (χ0) is 50.6. The van der Waals surface area contributed by atoms with Crippen LogP contribution in [-0.2, 0) is 15.0 Å². The van der Waals surface area contributed by atoms with Crippen molar-refractivity contribution in [1.29, 1.82) is 0 Å². The monoisotopic (exact) mass is 946 g/mol. The van der Waals surface area contributed by atoms with E-state index < -0.39 is 11.9 Å². The number of aryl methyl sites for hydroxylation is 4. The van der Waals surface area contributed by atoms with Gasteiger partial charge in [0.1, 0.15) is 11.5 Å².